The van der Waals surface area contributed by atoms with E-state index < -0.39 is 15.6 Å². The molecule has 1 spiro atoms. The van der Waals surface area contributed by atoms with Crippen molar-refractivity contribution >= 4 is 38.7 Å². The number of sulfonamides is 1. The highest BCUT2D eigenvalue weighted by Crippen LogP contribution is 2.35. The zero-order chi connectivity index (χ0) is 19.1. The van der Waals surface area contributed by atoms with E-state index in [1.165, 1.54) is 4.31 Å². The summed E-state index contributed by atoms with van der Waals surface area (Å²) in [5.41, 5.74) is 0.455. The monoisotopic (exact) mass is 410 g/mol. The molecule has 1 aromatic heterocycles. The predicted octanol–water partition coefficient (Wildman–Crippen LogP) is 1.48. The van der Waals surface area contributed by atoms with Gasteiger partial charge in [-0.15, -0.1) is 0 Å². The minimum Gasteiger partial charge on any atom is -0.381 e. The van der Waals surface area contributed by atoms with Gasteiger partial charge in [-0.25, -0.2) is 8.42 Å². The number of amides is 1. The van der Waals surface area contributed by atoms with Crippen LogP contribution < -0.4 is 0 Å². The first-order valence-electron chi connectivity index (χ1n) is 9.08. The van der Waals surface area contributed by atoms with Crippen LogP contribution in [0.3, 0.4) is 0 Å². The number of benzene rings is 1. The highest BCUT2D eigenvalue weighted by molar-refractivity contribution is 7.89. The molecule has 0 saturated carbocycles. The Bertz CT molecular complexity index is 953. The SMILES string of the molecule is CCN1C(=O)CCN(S(=O)(=O)c2cccc3nsnc23)CC12CCOCC2. The summed E-state index contributed by atoms with van der Waals surface area (Å²) in [5, 5.41) is 0. The average molecular weight is 411 g/mol. The number of aromatic nitrogens is 2. The molecular formula is C17H22N4O4S2. The topological polar surface area (TPSA) is 92.7 Å². The van der Waals surface area contributed by atoms with Gasteiger partial charge in [0.15, 0.2) is 0 Å². The van der Waals surface area contributed by atoms with Crippen LogP contribution in [0.4, 0.5) is 0 Å². The molecule has 8 nitrogen and oxygen atoms in total. The zero-order valence-corrected chi connectivity index (χ0v) is 16.8. The standard InChI is InChI=1S/C17H22N4O4S2/c1-2-21-15(22)6-9-20(12-17(21)7-10-25-11-8-17)27(23,24)14-5-3-4-13-16(14)19-26-18-13/h3-5H,2,6-12H2,1H3. The first-order valence-corrected chi connectivity index (χ1v) is 11.2. The molecule has 0 atom stereocenters. The molecule has 0 aliphatic carbocycles. The quantitative estimate of drug-likeness (QED) is 0.761. The Kier molecular flexibility index (Phi) is 4.91. The molecule has 146 valence electrons. The van der Waals surface area contributed by atoms with Crippen LogP contribution in [-0.4, -0.2) is 70.7 Å². The lowest BCUT2D eigenvalue weighted by atomic mass is 9.88. The Morgan fingerprint density at radius 1 is 1.26 bits per heavy atom. The van der Waals surface area contributed by atoms with Crippen molar-refractivity contribution in [1.82, 2.24) is 18.0 Å². The molecule has 3 heterocycles. The molecule has 2 aliphatic rings. The second kappa shape index (κ2) is 7.08. The molecule has 4 rings (SSSR count). The number of hydrogen-bond acceptors (Lipinski definition) is 7. The van der Waals surface area contributed by atoms with Crippen LogP contribution in [0.1, 0.15) is 26.2 Å². The van der Waals surface area contributed by atoms with Crippen molar-refractivity contribution in [2.45, 2.75) is 36.6 Å². The van der Waals surface area contributed by atoms with E-state index in [-0.39, 0.29) is 30.3 Å². The molecule has 0 unspecified atom stereocenters. The highest BCUT2D eigenvalue weighted by atomic mass is 32.2. The van der Waals surface area contributed by atoms with E-state index in [1.807, 2.05) is 11.8 Å². The van der Waals surface area contributed by atoms with Crippen molar-refractivity contribution in [1.29, 1.82) is 0 Å². The molecule has 1 amide bonds. The number of rotatable bonds is 3. The first-order chi connectivity index (χ1) is 13.0. The van der Waals surface area contributed by atoms with E-state index in [2.05, 4.69) is 8.75 Å². The van der Waals surface area contributed by atoms with Crippen molar-refractivity contribution < 1.29 is 17.9 Å². The van der Waals surface area contributed by atoms with E-state index in [0.717, 1.165) is 11.7 Å². The van der Waals surface area contributed by atoms with Gasteiger partial charge in [0.05, 0.1) is 17.3 Å². The normalized spacial score (nSPS) is 21.7. The molecule has 0 bridgehead atoms. The summed E-state index contributed by atoms with van der Waals surface area (Å²) in [6, 6.07) is 5.00. The fourth-order valence-corrected chi connectivity index (χ4v) is 6.41. The number of hydrogen-bond donors (Lipinski definition) is 0. The number of ether oxygens (including phenoxy) is 1. The number of likely N-dealkylation sites (N-methyl/N-ethyl adjacent to an activating group) is 1. The van der Waals surface area contributed by atoms with Crippen LogP contribution in [0.2, 0.25) is 0 Å². The van der Waals surface area contributed by atoms with E-state index in [9.17, 15) is 13.2 Å². The van der Waals surface area contributed by atoms with Crippen molar-refractivity contribution in [3.63, 3.8) is 0 Å². The summed E-state index contributed by atoms with van der Waals surface area (Å²) in [7, 11) is -3.79. The van der Waals surface area contributed by atoms with Crippen LogP contribution in [0.5, 0.6) is 0 Å². The lowest BCUT2D eigenvalue weighted by Crippen LogP contribution is -2.58. The van der Waals surface area contributed by atoms with E-state index >= 15 is 0 Å². The Hall–Kier alpha value is -1.62. The van der Waals surface area contributed by atoms with Crippen LogP contribution in [0.25, 0.3) is 11.0 Å². The van der Waals surface area contributed by atoms with Crippen molar-refractivity contribution in [3.8, 4) is 0 Å². The van der Waals surface area contributed by atoms with Gasteiger partial charge in [0, 0.05) is 39.3 Å². The first kappa shape index (κ1) is 18.7. The Balaban J connectivity index is 1.76. The summed E-state index contributed by atoms with van der Waals surface area (Å²) < 4.78 is 42.2. The minimum absolute atomic E-state index is 0.00522. The molecule has 2 fully saturated rings. The Labute approximate surface area is 162 Å². The summed E-state index contributed by atoms with van der Waals surface area (Å²) in [5.74, 6) is 0.00522. The Morgan fingerprint density at radius 3 is 2.78 bits per heavy atom. The molecule has 2 saturated heterocycles. The Morgan fingerprint density at radius 2 is 2.04 bits per heavy atom. The highest BCUT2D eigenvalue weighted by Gasteiger charge is 2.46. The number of carbonyl (C=O) groups is 1. The van der Waals surface area contributed by atoms with Crippen LogP contribution in [0, 0.1) is 0 Å². The van der Waals surface area contributed by atoms with Gasteiger partial charge in [-0.2, -0.15) is 13.1 Å². The van der Waals surface area contributed by atoms with Gasteiger partial charge in [0.25, 0.3) is 0 Å². The van der Waals surface area contributed by atoms with Crippen LogP contribution >= 0.6 is 11.7 Å². The molecule has 10 heteroatoms. The number of carbonyl (C=O) groups excluding carboxylic acids is 1. The van der Waals surface area contributed by atoms with Gasteiger partial charge in [-0.1, -0.05) is 6.07 Å². The molecule has 0 N–H and O–H groups in total. The summed E-state index contributed by atoms with van der Waals surface area (Å²) >= 11 is 0.998. The van der Waals surface area contributed by atoms with Crippen molar-refractivity contribution in [2.75, 3.05) is 32.8 Å². The third-order valence-corrected chi connectivity index (χ3v) is 7.95. The van der Waals surface area contributed by atoms with Crippen LogP contribution in [0.15, 0.2) is 23.1 Å². The van der Waals surface area contributed by atoms with E-state index in [0.29, 0.717) is 43.6 Å². The fraction of sp³-hybridized carbons (Fsp3) is 0.588. The van der Waals surface area contributed by atoms with Gasteiger partial charge >= 0.3 is 0 Å². The summed E-state index contributed by atoms with van der Waals surface area (Å²) in [6.45, 7) is 4.03. The lowest BCUT2D eigenvalue weighted by Gasteiger charge is -2.46. The van der Waals surface area contributed by atoms with Crippen molar-refractivity contribution in [3.05, 3.63) is 18.2 Å². The third-order valence-electron chi connectivity index (χ3n) is 5.53. The van der Waals surface area contributed by atoms with Gasteiger partial charge < -0.3 is 9.64 Å². The number of fused-ring (bicyclic) bond motifs is 1. The lowest BCUT2D eigenvalue weighted by molar-refractivity contribution is -0.139. The predicted molar refractivity (Wildman–Crippen MR) is 101 cm³/mol. The summed E-state index contributed by atoms with van der Waals surface area (Å²) in [6.07, 6.45) is 1.46. The maximum Gasteiger partial charge on any atom is 0.245 e. The van der Waals surface area contributed by atoms with Gasteiger partial charge in [0.2, 0.25) is 15.9 Å². The van der Waals surface area contributed by atoms with E-state index in [1.54, 1.807) is 18.2 Å². The summed E-state index contributed by atoms with van der Waals surface area (Å²) in [4.78, 5) is 14.8. The van der Waals surface area contributed by atoms with Gasteiger partial charge in [0.1, 0.15) is 15.9 Å². The molecule has 27 heavy (non-hydrogen) atoms. The average Bonchev–Trinajstić information content (AvgIpc) is 3.10. The minimum atomic E-state index is -3.79. The van der Waals surface area contributed by atoms with Gasteiger partial charge in [-0.05, 0) is 31.9 Å². The molecule has 2 aromatic rings. The largest absolute Gasteiger partial charge is 0.381 e. The molecule has 2 aliphatic heterocycles. The van der Waals surface area contributed by atoms with E-state index in [4.69, 9.17) is 4.74 Å². The zero-order valence-electron chi connectivity index (χ0n) is 15.1. The molecule has 0 radical (unpaired) electrons. The number of nitrogens with zero attached hydrogens (tertiary/aromatic N) is 4. The third kappa shape index (κ3) is 3.14. The fourth-order valence-electron chi connectivity index (χ4n) is 4.14. The smallest absolute Gasteiger partial charge is 0.245 e. The van der Waals surface area contributed by atoms with Gasteiger partial charge in [-0.3, -0.25) is 4.79 Å². The molecule has 1 aromatic carbocycles. The second-order valence-corrected chi connectivity index (χ2v) is 9.39. The van der Waals surface area contributed by atoms with Crippen LogP contribution in [-0.2, 0) is 19.6 Å². The second-order valence-electron chi connectivity index (χ2n) is 6.95. The maximum absolute atomic E-state index is 13.5. The maximum atomic E-state index is 13.5. The molecular weight excluding hydrogens is 388 g/mol. The van der Waals surface area contributed by atoms with Crippen molar-refractivity contribution in [2.24, 2.45) is 0 Å².